The number of fused-ring (bicyclic) bond motifs is 1. The highest BCUT2D eigenvalue weighted by Gasteiger charge is 2.26. The maximum Gasteiger partial charge on any atom is 0.308 e. The summed E-state index contributed by atoms with van der Waals surface area (Å²) >= 11 is 0. The first-order valence-corrected chi connectivity index (χ1v) is 8.33. The Balaban J connectivity index is 2.29. The molecule has 0 saturated carbocycles. The largest absolute Gasteiger partial charge is 0.424 e. The van der Waals surface area contributed by atoms with Gasteiger partial charge in [-0.15, -0.1) is 0 Å². The van der Waals surface area contributed by atoms with Crippen LogP contribution in [0.15, 0.2) is 36.4 Å². The zero-order valence-electron chi connectivity index (χ0n) is 14.7. The van der Waals surface area contributed by atoms with Crippen LogP contribution in [-0.2, 0) is 19.1 Å². The second kappa shape index (κ2) is 7.95. The first-order valence-electron chi connectivity index (χ1n) is 8.33. The van der Waals surface area contributed by atoms with Crippen molar-refractivity contribution in [3.63, 3.8) is 0 Å². The third kappa shape index (κ3) is 4.34. The molecule has 2 rings (SSSR count). The normalized spacial score (nSPS) is 12.2. The Morgan fingerprint density at radius 3 is 2.04 bits per heavy atom. The second-order valence-electron chi connectivity index (χ2n) is 5.95. The lowest BCUT2D eigenvalue weighted by atomic mass is 9.96. The highest BCUT2D eigenvalue weighted by molar-refractivity contribution is 5.84. The minimum absolute atomic E-state index is 0.240. The molecule has 4 nitrogen and oxygen atoms in total. The fourth-order valence-corrected chi connectivity index (χ4v) is 2.48. The van der Waals surface area contributed by atoms with Crippen molar-refractivity contribution in [2.45, 2.75) is 52.7 Å². The maximum absolute atomic E-state index is 11.7. The Hall–Kier alpha value is -2.36. The average molecular weight is 328 g/mol. The summed E-state index contributed by atoms with van der Waals surface area (Å²) in [4.78, 5) is 23.3. The van der Waals surface area contributed by atoms with Crippen LogP contribution in [0, 0.1) is 6.92 Å². The van der Waals surface area contributed by atoms with Crippen molar-refractivity contribution in [3.8, 4) is 0 Å². The topological polar surface area (TPSA) is 52.6 Å². The minimum atomic E-state index is -0.909. The van der Waals surface area contributed by atoms with Crippen molar-refractivity contribution >= 4 is 22.7 Å². The number of ether oxygens (including phenoxy) is 2. The van der Waals surface area contributed by atoms with Gasteiger partial charge in [0.1, 0.15) is 0 Å². The van der Waals surface area contributed by atoms with Gasteiger partial charge in [0.25, 0.3) is 6.29 Å². The SMILES string of the molecule is CCC(=O)OC(OC(=O)CC)C(C)c1ccc2cc(C)ccc2c1. The van der Waals surface area contributed by atoms with Crippen LogP contribution >= 0.6 is 0 Å². The van der Waals surface area contributed by atoms with Gasteiger partial charge in [0.05, 0.1) is 5.92 Å². The lowest BCUT2D eigenvalue weighted by Crippen LogP contribution is -2.29. The maximum atomic E-state index is 11.7. The lowest BCUT2D eigenvalue weighted by molar-refractivity contribution is -0.191. The molecule has 0 saturated heterocycles. The summed E-state index contributed by atoms with van der Waals surface area (Å²) in [6.45, 7) is 7.38. The molecule has 0 heterocycles. The molecule has 0 spiro atoms. The standard InChI is InChI=1S/C20H24O4/c1-5-18(21)23-20(24-19(22)6-2)14(4)15-9-10-16-11-13(3)7-8-17(16)12-15/h7-12,14,20H,5-6H2,1-4H3. The van der Waals surface area contributed by atoms with E-state index in [0.29, 0.717) is 0 Å². The lowest BCUT2D eigenvalue weighted by Gasteiger charge is -2.24. The molecular weight excluding hydrogens is 304 g/mol. The van der Waals surface area contributed by atoms with Gasteiger partial charge in [0, 0.05) is 12.8 Å². The van der Waals surface area contributed by atoms with E-state index < -0.39 is 6.29 Å². The zero-order valence-corrected chi connectivity index (χ0v) is 14.7. The molecule has 2 aromatic carbocycles. The first kappa shape index (κ1) is 18.0. The summed E-state index contributed by atoms with van der Waals surface area (Å²) in [6, 6.07) is 12.3. The van der Waals surface area contributed by atoms with E-state index in [1.54, 1.807) is 13.8 Å². The summed E-state index contributed by atoms with van der Waals surface area (Å²) in [5.41, 5.74) is 2.17. The number of aryl methyl sites for hydroxylation is 1. The molecule has 2 aromatic rings. The Kier molecular flexibility index (Phi) is 5.96. The van der Waals surface area contributed by atoms with E-state index in [4.69, 9.17) is 9.47 Å². The van der Waals surface area contributed by atoms with E-state index >= 15 is 0 Å². The van der Waals surface area contributed by atoms with Gasteiger partial charge in [0.15, 0.2) is 0 Å². The first-order chi connectivity index (χ1) is 11.4. The Morgan fingerprint density at radius 2 is 1.46 bits per heavy atom. The van der Waals surface area contributed by atoms with Crippen LogP contribution in [0.2, 0.25) is 0 Å². The Labute approximate surface area is 142 Å². The van der Waals surface area contributed by atoms with E-state index in [0.717, 1.165) is 16.3 Å². The molecular formula is C20H24O4. The Morgan fingerprint density at radius 1 is 0.917 bits per heavy atom. The number of esters is 2. The highest BCUT2D eigenvalue weighted by atomic mass is 16.7. The number of benzene rings is 2. The number of carbonyl (C=O) groups is 2. The predicted molar refractivity (Wildman–Crippen MR) is 93.7 cm³/mol. The summed E-state index contributed by atoms with van der Waals surface area (Å²) in [7, 11) is 0. The van der Waals surface area contributed by atoms with Crippen molar-refractivity contribution < 1.29 is 19.1 Å². The molecule has 4 heteroatoms. The summed E-state index contributed by atoms with van der Waals surface area (Å²) < 4.78 is 10.7. The molecule has 128 valence electrons. The second-order valence-corrected chi connectivity index (χ2v) is 5.95. The van der Waals surface area contributed by atoms with Crippen LogP contribution in [0.5, 0.6) is 0 Å². The van der Waals surface area contributed by atoms with Gasteiger partial charge in [-0.1, -0.05) is 62.7 Å². The van der Waals surface area contributed by atoms with E-state index in [1.165, 1.54) is 5.56 Å². The van der Waals surface area contributed by atoms with Crippen LogP contribution < -0.4 is 0 Å². The molecule has 1 atom stereocenters. The molecule has 0 aromatic heterocycles. The third-order valence-corrected chi connectivity index (χ3v) is 4.03. The van der Waals surface area contributed by atoms with E-state index in [-0.39, 0.29) is 30.7 Å². The van der Waals surface area contributed by atoms with Crippen LogP contribution in [0.3, 0.4) is 0 Å². The third-order valence-electron chi connectivity index (χ3n) is 4.03. The molecule has 0 aliphatic carbocycles. The Bertz CT molecular complexity index is 717. The number of hydrogen-bond donors (Lipinski definition) is 0. The van der Waals surface area contributed by atoms with Crippen molar-refractivity contribution in [2.75, 3.05) is 0 Å². The van der Waals surface area contributed by atoms with E-state index in [9.17, 15) is 9.59 Å². The van der Waals surface area contributed by atoms with Crippen LogP contribution in [0.1, 0.15) is 50.7 Å². The molecule has 0 aliphatic heterocycles. The summed E-state index contributed by atoms with van der Waals surface area (Å²) in [6.07, 6.45) is -0.430. The van der Waals surface area contributed by atoms with Gasteiger partial charge < -0.3 is 9.47 Å². The molecule has 0 fully saturated rings. The molecule has 0 amide bonds. The smallest absolute Gasteiger partial charge is 0.308 e. The highest BCUT2D eigenvalue weighted by Crippen LogP contribution is 2.27. The van der Waals surface area contributed by atoms with Gasteiger partial charge >= 0.3 is 11.9 Å². The van der Waals surface area contributed by atoms with E-state index in [1.807, 2.05) is 25.1 Å². The number of carbonyl (C=O) groups excluding carboxylic acids is 2. The molecule has 0 bridgehead atoms. The fourth-order valence-electron chi connectivity index (χ4n) is 2.48. The van der Waals surface area contributed by atoms with Crippen molar-refractivity contribution in [2.24, 2.45) is 0 Å². The van der Waals surface area contributed by atoms with Gasteiger partial charge in [-0.05, 0) is 23.3 Å². The van der Waals surface area contributed by atoms with Crippen LogP contribution in [0.25, 0.3) is 10.8 Å². The molecule has 0 N–H and O–H groups in total. The van der Waals surface area contributed by atoms with Gasteiger partial charge in [-0.25, -0.2) is 0 Å². The summed E-state index contributed by atoms with van der Waals surface area (Å²) in [5, 5.41) is 2.26. The van der Waals surface area contributed by atoms with Gasteiger partial charge in [0.2, 0.25) is 0 Å². The summed E-state index contributed by atoms with van der Waals surface area (Å²) in [5.74, 6) is -1.01. The van der Waals surface area contributed by atoms with Crippen molar-refractivity contribution in [1.82, 2.24) is 0 Å². The number of hydrogen-bond acceptors (Lipinski definition) is 4. The molecule has 24 heavy (non-hydrogen) atoms. The van der Waals surface area contributed by atoms with Crippen molar-refractivity contribution in [1.29, 1.82) is 0 Å². The van der Waals surface area contributed by atoms with Gasteiger partial charge in [-0.2, -0.15) is 0 Å². The van der Waals surface area contributed by atoms with Crippen LogP contribution in [-0.4, -0.2) is 18.2 Å². The quantitative estimate of drug-likeness (QED) is 0.579. The number of rotatable bonds is 6. The monoisotopic (exact) mass is 328 g/mol. The molecule has 1 unspecified atom stereocenters. The predicted octanol–water partition coefficient (Wildman–Crippen LogP) is 4.48. The van der Waals surface area contributed by atoms with Crippen LogP contribution in [0.4, 0.5) is 0 Å². The fraction of sp³-hybridized carbons (Fsp3) is 0.400. The average Bonchev–Trinajstić information content (AvgIpc) is 2.59. The molecule has 0 aliphatic rings. The minimum Gasteiger partial charge on any atom is -0.424 e. The van der Waals surface area contributed by atoms with E-state index in [2.05, 4.69) is 25.1 Å². The molecule has 0 radical (unpaired) electrons. The zero-order chi connectivity index (χ0) is 17.7. The van der Waals surface area contributed by atoms with Gasteiger partial charge in [-0.3, -0.25) is 9.59 Å². The van der Waals surface area contributed by atoms with Crippen molar-refractivity contribution in [3.05, 3.63) is 47.5 Å².